The average Bonchev–Trinajstić information content (AvgIpc) is 2.35. The normalized spacial score (nSPS) is 10.5. The number of rotatable bonds is 4. The van der Waals surface area contributed by atoms with Crippen LogP contribution in [0.1, 0.15) is 5.56 Å². The lowest BCUT2D eigenvalue weighted by Crippen LogP contribution is -2.18. The molecular formula is C13H16INO3. The summed E-state index contributed by atoms with van der Waals surface area (Å²) in [4.78, 5) is 13.0. The van der Waals surface area contributed by atoms with Gasteiger partial charge in [-0.25, -0.2) is 0 Å². The van der Waals surface area contributed by atoms with Gasteiger partial charge in [-0.05, 0) is 34.7 Å². The number of halogens is 1. The third kappa shape index (κ3) is 3.63. The molecule has 0 saturated heterocycles. The van der Waals surface area contributed by atoms with Gasteiger partial charge in [0.1, 0.15) is 11.5 Å². The smallest absolute Gasteiger partial charge is 0.246 e. The Kier molecular flexibility index (Phi) is 5.46. The summed E-state index contributed by atoms with van der Waals surface area (Å²) >= 11 is 2.18. The molecule has 1 aromatic carbocycles. The summed E-state index contributed by atoms with van der Waals surface area (Å²) < 4.78 is 11.5. The zero-order chi connectivity index (χ0) is 13.7. The van der Waals surface area contributed by atoms with Crippen molar-refractivity contribution in [3.8, 4) is 11.5 Å². The van der Waals surface area contributed by atoms with E-state index >= 15 is 0 Å². The van der Waals surface area contributed by atoms with Gasteiger partial charge in [-0.1, -0.05) is 0 Å². The molecular weight excluding hydrogens is 345 g/mol. The molecule has 0 atom stereocenters. The average molecular weight is 361 g/mol. The van der Waals surface area contributed by atoms with Crippen LogP contribution >= 0.6 is 22.6 Å². The highest BCUT2D eigenvalue weighted by Crippen LogP contribution is 2.30. The lowest BCUT2D eigenvalue weighted by atomic mass is 10.1. The van der Waals surface area contributed by atoms with Gasteiger partial charge >= 0.3 is 0 Å². The Balaban J connectivity index is 3.09. The third-order valence-corrected chi connectivity index (χ3v) is 3.19. The van der Waals surface area contributed by atoms with Crippen molar-refractivity contribution in [3.63, 3.8) is 0 Å². The Morgan fingerprint density at radius 2 is 1.83 bits per heavy atom. The first-order valence-electron chi connectivity index (χ1n) is 5.30. The van der Waals surface area contributed by atoms with Gasteiger partial charge in [0.15, 0.2) is 0 Å². The van der Waals surface area contributed by atoms with Crippen LogP contribution in [0.4, 0.5) is 0 Å². The van der Waals surface area contributed by atoms with Crippen molar-refractivity contribution in [1.82, 2.24) is 4.90 Å². The number of hydrogen-bond donors (Lipinski definition) is 0. The zero-order valence-corrected chi connectivity index (χ0v) is 13.0. The fourth-order valence-electron chi connectivity index (χ4n) is 1.32. The summed E-state index contributed by atoms with van der Waals surface area (Å²) in [6.45, 7) is 0. The second-order valence-corrected chi connectivity index (χ2v) is 4.96. The fourth-order valence-corrected chi connectivity index (χ4v) is 2.04. The summed E-state index contributed by atoms with van der Waals surface area (Å²) in [6.07, 6.45) is 3.25. The Hall–Kier alpha value is -1.24. The second kappa shape index (κ2) is 6.63. The minimum Gasteiger partial charge on any atom is -0.496 e. The van der Waals surface area contributed by atoms with Crippen molar-refractivity contribution in [2.75, 3.05) is 28.3 Å². The van der Waals surface area contributed by atoms with Gasteiger partial charge in [0, 0.05) is 31.8 Å². The minimum atomic E-state index is -0.0668. The first kappa shape index (κ1) is 14.8. The van der Waals surface area contributed by atoms with Crippen LogP contribution in [0.2, 0.25) is 0 Å². The summed E-state index contributed by atoms with van der Waals surface area (Å²) in [5.41, 5.74) is 0.845. The van der Waals surface area contributed by atoms with Gasteiger partial charge in [-0.15, -0.1) is 0 Å². The molecule has 1 aromatic rings. The number of benzene rings is 1. The first-order chi connectivity index (χ1) is 8.49. The molecule has 0 saturated carbocycles. The standard InChI is InChI=1S/C13H16INO3/c1-15(2)13(16)6-5-9-7-10(14)12(18-4)8-11(9)17-3/h5-8H,1-4H3/b6-5+. The van der Waals surface area contributed by atoms with E-state index in [0.717, 1.165) is 14.9 Å². The van der Waals surface area contributed by atoms with Crippen LogP contribution in [0, 0.1) is 3.57 Å². The maximum Gasteiger partial charge on any atom is 0.246 e. The number of carbonyl (C=O) groups is 1. The van der Waals surface area contributed by atoms with Gasteiger partial charge in [-0.3, -0.25) is 4.79 Å². The van der Waals surface area contributed by atoms with E-state index in [1.165, 1.54) is 11.0 Å². The SMILES string of the molecule is COc1cc(OC)c(/C=C/C(=O)N(C)C)cc1I. The number of carbonyl (C=O) groups excluding carboxylic acids is 1. The van der Waals surface area contributed by atoms with Crippen LogP contribution in [0.5, 0.6) is 11.5 Å². The number of ether oxygens (including phenoxy) is 2. The van der Waals surface area contributed by atoms with Crippen molar-refractivity contribution in [2.24, 2.45) is 0 Å². The van der Waals surface area contributed by atoms with E-state index in [1.54, 1.807) is 34.4 Å². The maximum absolute atomic E-state index is 11.5. The molecule has 0 aromatic heterocycles. The lowest BCUT2D eigenvalue weighted by Gasteiger charge is -2.10. The molecule has 0 N–H and O–H groups in total. The van der Waals surface area contributed by atoms with Gasteiger partial charge in [0.05, 0.1) is 17.8 Å². The Bertz CT molecular complexity index is 470. The molecule has 0 fully saturated rings. The van der Waals surface area contributed by atoms with Gasteiger partial charge in [0.2, 0.25) is 5.91 Å². The molecule has 0 radical (unpaired) electrons. The van der Waals surface area contributed by atoms with Crippen molar-refractivity contribution in [3.05, 3.63) is 27.3 Å². The number of hydrogen-bond acceptors (Lipinski definition) is 3. The van der Waals surface area contributed by atoms with E-state index in [1.807, 2.05) is 12.1 Å². The van der Waals surface area contributed by atoms with Crippen molar-refractivity contribution >= 4 is 34.6 Å². The highest BCUT2D eigenvalue weighted by atomic mass is 127. The van der Waals surface area contributed by atoms with Crippen LogP contribution in [-0.2, 0) is 4.79 Å². The van der Waals surface area contributed by atoms with Crippen LogP contribution in [0.3, 0.4) is 0 Å². The maximum atomic E-state index is 11.5. The number of likely N-dealkylation sites (N-methyl/N-ethyl adjacent to an activating group) is 1. The van der Waals surface area contributed by atoms with Gasteiger partial charge < -0.3 is 14.4 Å². The summed E-state index contributed by atoms with van der Waals surface area (Å²) in [5.74, 6) is 1.36. The molecule has 18 heavy (non-hydrogen) atoms. The number of amides is 1. The molecule has 0 aliphatic heterocycles. The molecule has 0 spiro atoms. The van der Waals surface area contributed by atoms with Gasteiger partial charge in [-0.2, -0.15) is 0 Å². The van der Waals surface area contributed by atoms with Gasteiger partial charge in [0.25, 0.3) is 0 Å². The van der Waals surface area contributed by atoms with E-state index in [0.29, 0.717) is 5.75 Å². The van der Waals surface area contributed by atoms with Crippen LogP contribution in [0.15, 0.2) is 18.2 Å². The largest absolute Gasteiger partial charge is 0.496 e. The molecule has 0 aliphatic carbocycles. The summed E-state index contributed by atoms with van der Waals surface area (Å²) in [7, 11) is 6.62. The molecule has 5 heteroatoms. The van der Waals surface area contributed by atoms with Crippen LogP contribution in [0.25, 0.3) is 6.08 Å². The quantitative estimate of drug-likeness (QED) is 0.611. The van der Waals surface area contributed by atoms with E-state index in [2.05, 4.69) is 22.6 Å². The van der Waals surface area contributed by atoms with Crippen molar-refractivity contribution in [1.29, 1.82) is 0 Å². The first-order valence-corrected chi connectivity index (χ1v) is 6.38. The minimum absolute atomic E-state index is 0.0668. The predicted octanol–water partition coefficient (Wildman–Crippen LogP) is 2.41. The molecule has 0 aliphatic rings. The van der Waals surface area contributed by atoms with Crippen LogP contribution < -0.4 is 9.47 Å². The van der Waals surface area contributed by atoms with E-state index in [4.69, 9.17) is 9.47 Å². The van der Waals surface area contributed by atoms with Crippen molar-refractivity contribution < 1.29 is 14.3 Å². The molecule has 0 heterocycles. The fraction of sp³-hybridized carbons (Fsp3) is 0.308. The molecule has 98 valence electrons. The molecule has 1 rings (SSSR count). The predicted molar refractivity (Wildman–Crippen MR) is 80.0 cm³/mol. The summed E-state index contributed by atoms with van der Waals surface area (Å²) in [6, 6.07) is 3.72. The molecule has 0 bridgehead atoms. The van der Waals surface area contributed by atoms with E-state index < -0.39 is 0 Å². The van der Waals surface area contributed by atoms with Crippen molar-refractivity contribution in [2.45, 2.75) is 0 Å². The second-order valence-electron chi connectivity index (χ2n) is 3.79. The molecule has 1 amide bonds. The van der Waals surface area contributed by atoms with E-state index in [9.17, 15) is 4.79 Å². The number of nitrogens with zero attached hydrogens (tertiary/aromatic N) is 1. The Labute approximate surface area is 121 Å². The lowest BCUT2D eigenvalue weighted by molar-refractivity contribution is -0.123. The highest BCUT2D eigenvalue weighted by Gasteiger charge is 2.08. The summed E-state index contributed by atoms with van der Waals surface area (Å²) in [5, 5.41) is 0. The highest BCUT2D eigenvalue weighted by molar-refractivity contribution is 14.1. The molecule has 4 nitrogen and oxygen atoms in total. The monoisotopic (exact) mass is 361 g/mol. The Morgan fingerprint density at radius 3 is 2.33 bits per heavy atom. The zero-order valence-electron chi connectivity index (χ0n) is 10.9. The Morgan fingerprint density at radius 1 is 1.22 bits per heavy atom. The number of methoxy groups -OCH3 is 2. The third-order valence-electron chi connectivity index (χ3n) is 2.35. The van der Waals surface area contributed by atoms with Crippen LogP contribution in [-0.4, -0.2) is 39.1 Å². The van der Waals surface area contributed by atoms with E-state index in [-0.39, 0.29) is 5.91 Å². The topological polar surface area (TPSA) is 38.8 Å². The molecule has 0 unspecified atom stereocenters.